The predicted octanol–water partition coefficient (Wildman–Crippen LogP) is 1.75. The van der Waals surface area contributed by atoms with Crippen LogP contribution in [0.2, 0.25) is 5.02 Å². The highest BCUT2D eigenvalue weighted by atomic mass is 35.5. The first-order valence-corrected chi connectivity index (χ1v) is 7.62. The van der Waals surface area contributed by atoms with E-state index in [0.717, 1.165) is 11.4 Å². The molecule has 3 heterocycles. The van der Waals surface area contributed by atoms with Crippen molar-refractivity contribution >= 4 is 29.1 Å². The first-order chi connectivity index (χ1) is 11.0. The highest BCUT2D eigenvalue weighted by molar-refractivity contribution is 6.31. The van der Waals surface area contributed by atoms with Crippen molar-refractivity contribution in [2.45, 2.75) is 32.7 Å². The molecule has 1 atom stereocenters. The summed E-state index contributed by atoms with van der Waals surface area (Å²) in [5.41, 5.74) is 2.11. The van der Waals surface area contributed by atoms with Crippen molar-refractivity contribution in [3.05, 3.63) is 34.7 Å². The van der Waals surface area contributed by atoms with Crippen molar-refractivity contribution in [3.8, 4) is 5.82 Å². The lowest BCUT2D eigenvalue weighted by Gasteiger charge is -2.11. The number of carbonyl (C=O) groups excluding carboxylic acids is 2. The van der Waals surface area contributed by atoms with Gasteiger partial charge in [-0.05, 0) is 32.4 Å². The van der Waals surface area contributed by atoms with E-state index in [1.807, 2.05) is 13.8 Å². The van der Waals surface area contributed by atoms with Crippen LogP contribution in [-0.4, -0.2) is 32.6 Å². The van der Waals surface area contributed by atoms with Crippen molar-refractivity contribution < 1.29 is 9.59 Å². The van der Waals surface area contributed by atoms with Gasteiger partial charge in [0.05, 0.1) is 28.3 Å². The number of pyridine rings is 1. The van der Waals surface area contributed by atoms with Gasteiger partial charge in [0.15, 0.2) is 5.82 Å². The maximum atomic E-state index is 12.0. The number of hydrogen-bond acceptors (Lipinski definition) is 4. The van der Waals surface area contributed by atoms with Crippen LogP contribution in [0.1, 0.15) is 24.2 Å². The van der Waals surface area contributed by atoms with Crippen LogP contribution in [0.3, 0.4) is 0 Å². The van der Waals surface area contributed by atoms with Crippen LogP contribution < -0.4 is 10.6 Å². The summed E-state index contributed by atoms with van der Waals surface area (Å²) in [6.45, 7) is 3.69. The Hall–Kier alpha value is -2.41. The molecule has 120 valence electrons. The molecule has 0 bridgehead atoms. The van der Waals surface area contributed by atoms with E-state index in [-0.39, 0.29) is 11.8 Å². The molecule has 1 saturated heterocycles. The molecule has 2 amide bonds. The predicted molar refractivity (Wildman–Crippen MR) is 85.6 cm³/mol. The number of nitrogens with zero attached hydrogens (tertiary/aromatic N) is 3. The zero-order chi connectivity index (χ0) is 16.6. The summed E-state index contributed by atoms with van der Waals surface area (Å²) in [4.78, 5) is 27.5. The minimum absolute atomic E-state index is 0.0972. The molecule has 1 aliphatic rings. The maximum absolute atomic E-state index is 12.0. The van der Waals surface area contributed by atoms with Crippen molar-refractivity contribution in [1.82, 2.24) is 20.1 Å². The number of aromatic nitrogens is 3. The van der Waals surface area contributed by atoms with Gasteiger partial charge < -0.3 is 10.6 Å². The minimum atomic E-state index is -0.475. The molecule has 0 saturated carbocycles. The van der Waals surface area contributed by atoms with Gasteiger partial charge >= 0.3 is 0 Å². The standard InChI is InChI=1S/C15H16ClN5O2/c1-8-14(16)9(2)21(20-8)12-5-3-10(7-17-12)18-15(23)11-4-6-13(22)19-11/h3,5,7,11H,4,6H2,1-2H3,(H,18,23)(H,19,22). The van der Waals surface area contributed by atoms with Crippen LogP contribution in [0.5, 0.6) is 0 Å². The minimum Gasteiger partial charge on any atom is -0.344 e. The molecule has 0 radical (unpaired) electrons. The number of rotatable bonds is 3. The molecule has 0 aromatic carbocycles. The molecule has 8 heteroatoms. The number of carbonyl (C=O) groups is 2. The third-order valence-electron chi connectivity index (χ3n) is 3.75. The molecule has 1 fully saturated rings. The van der Waals surface area contributed by atoms with Gasteiger partial charge in [-0.15, -0.1) is 0 Å². The number of nitrogens with one attached hydrogen (secondary N) is 2. The maximum Gasteiger partial charge on any atom is 0.247 e. The smallest absolute Gasteiger partial charge is 0.247 e. The third-order valence-corrected chi connectivity index (χ3v) is 4.29. The van der Waals surface area contributed by atoms with Gasteiger partial charge in [-0.25, -0.2) is 9.67 Å². The summed E-state index contributed by atoms with van der Waals surface area (Å²) in [6, 6.07) is 3.01. The Morgan fingerprint density at radius 2 is 2.22 bits per heavy atom. The quantitative estimate of drug-likeness (QED) is 0.895. The molecule has 0 aliphatic carbocycles. The van der Waals surface area contributed by atoms with Crippen LogP contribution in [0.25, 0.3) is 5.82 Å². The van der Waals surface area contributed by atoms with Crippen LogP contribution in [0.15, 0.2) is 18.3 Å². The largest absolute Gasteiger partial charge is 0.344 e. The second kappa shape index (κ2) is 6.00. The number of aryl methyl sites for hydroxylation is 1. The van der Waals surface area contributed by atoms with Crippen molar-refractivity contribution in [1.29, 1.82) is 0 Å². The van der Waals surface area contributed by atoms with Gasteiger partial charge in [0.25, 0.3) is 0 Å². The fourth-order valence-electron chi connectivity index (χ4n) is 2.47. The molecule has 2 aromatic heterocycles. The van der Waals surface area contributed by atoms with E-state index in [1.165, 1.54) is 0 Å². The zero-order valence-corrected chi connectivity index (χ0v) is 13.5. The molecule has 0 spiro atoms. The summed E-state index contributed by atoms with van der Waals surface area (Å²) in [5, 5.41) is 10.3. The SMILES string of the molecule is Cc1nn(-c2ccc(NC(=O)C3CCC(=O)N3)cn2)c(C)c1Cl. The Morgan fingerprint density at radius 3 is 2.74 bits per heavy atom. The first-order valence-electron chi connectivity index (χ1n) is 7.24. The van der Waals surface area contributed by atoms with Crippen molar-refractivity contribution in [2.24, 2.45) is 0 Å². The number of amides is 2. The molecule has 1 aliphatic heterocycles. The van der Waals surface area contributed by atoms with Gasteiger partial charge in [-0.1, -0.05) is 11.6 Å². The fourth-order valence-corrected chi connectivity index (χ4v) is 2.59. The highest BCUT2D eigenvalue weighted by Crippen LogP contribution is 2.22. The monoisotopic (exact) mass is 333 g/mol. The summed E-state index contributed by atoms with van der Waals surface area (Å²) >= 11 is 6.13. The van der Waals surface area contributed by atoms with E-state index in [0.29, 0.717) is 29.4 Å². The average molecular weight is 334 g/mol. The van der Waals surface area contributed by atoms with Crippen LogP contribution in [-0.2, 0) is 9.59 Å². The van der Waals surface area contributed by atoms with Gasteiger partial charge in [0.1, 0.15) is 6.04 Å². The summed E-state index contributed by atoms with van der Waals surface area (Å²) in [5.74, 6) is 0.282. The van der Waals surface area contributed by atoms with Gasteiger partial charge in [-0.2, -0.15) is 5.10 Å². The Morgan fingerprint density at radius 1 is 1.43 bits per heavy atom. The summed E-state index contributed by atoms with van der Waals surface area (Å²) < 4.78 is 1.65. The fraction of sp³-hybridized carbons (Fsp3) is 0.333. The molecule has 23 heavy (non-hydrogen) atoms. The highest BCUT2D eigenvalue weighted by Gasteiger charge is 2.27. The van der Waals surface area contributed by atoms with E-state index in [2.05, 4.69) is 20.7 Å². The second-order valence-corrected chi connectivity index (χ2v) is 5.83. The lowest BCUT2D eigenvalue weighted by Crippen LogP contribution is -2.37. The number of hydrogen-bond donors (Lipinski definition) is 2. The third kappa shape index (κ3) is 3.05. The van der Waals surface area contributed by atoms with E-state index < -0.39 is 6.04 Å². The van der Waals surface area contributed by atoms with Crippen LogP contribution in [0, 0.1) is 13.8 Å². The molecular weight excluding hydrogens is 318 g/mol. The van der Waals surface area contributed by atoms with E-state index in [1.54, 1.807) is 23.0 Å². The summed E-state index contributed by atoms with van der Waals surface area (Å²) in [6.07, 6.45) is 2.45. The normalized spacial score (nSPS) is 17.2. The summed E-state index contributed by atoms with van der Waals surface area (Å²) in [7, 11) is 0. The second-order valence-electron chi connectivity index (χ2n) is 5.45. The van der Waals surface area contributed by atoms with E-state index in [4.69, 9.17) is 11.6 Å². The van der Waals surface area contributed by atoms with Crippen molar-refractivity contribution in [2.75, 3.05) is 5.32 Å². The zero-order valence-electron chi connectivity index (χ0n) is 12.8. The topological polar surface area (TPSA) is 88.9 Å². The van der Waals surface area contributed by atoms with Crippen LogP contribution >= 0.6 is 11.6 Å². The molecule has 7 nitrogen and oxygen atoms in total. The molecule has 2 N–H and O–H groups in total. The molecule has 2 aromatic rings. The van der Waals surface area contributed by atoms with Crippen molar-refractivity contribution in [3.63, 3.8) is 0 Å². The van der Waals surface area contributed by atoms with Gasteiger partial charge in [-0.3, -0.25) is 9.59 Å². The van der Waals surface area contributed by atoms with E-state index in [9.17, 15) is 9.59 Å². The number of anilines is 1. The van der Waals surface area contributed by atoms with Gasteiger partial charge in [0, 0.05) is 6.42 Å². The lowest BCUT2D eigenvalue weighted by atomic mass is 10.2. The Bertz CT molecular complexity index is 769. The number of halogens is 1. The lowest BCUT2D eigenvalue weighted by molar-refractivity contribution is -0.122. The molecular formula is C15H16ClN5O2. The average Bonchev–Trinajstić information content (AvgIpc) is 3.08. The van der Waals surface area contributed by atoms with E-state index >= 15 is 0 Å². The Kier molecular flexibility index (Phi) is 4.04. The Balaban J connectivity index is 1.73. The van der Waals surface area contributed by atoms with Crippen LogP contribution in [0.4, 0.5) is 5.69 Å². The molecule has 1 unspecified atom stereocenters. The first kappa shape index (κ1) is 15.5. The molecule has 3 rings (SSSR count). The van der Waals surface area contributed by atoms with Gasteiger partial charge in [0.2, 0.25) is 11.8 Å². The Labute approximate surface area is 138 Å².